The molecule has 3 amide bonds. The summed E-state index contributed by atoms with van der Waals surface area (Å²) in [5.74, 6) is -1.79. The van der Waals surface area contributed by atoms with E-state index in [2.05, 4.69) is 5.32 Å². The van der Waals surface area contributed by atoms with Crippen LogP contribution in [0.25, 0.3) is 0 Å². The molecule has 1 N–H and O–H groups in total. The van der Waals surface area contributed by atoms with Gasteiger partial charge in [-0.05, 0) is 49.6 Å². The zero-order valence-corrected chi connectivity index (χ0v) is 19.5. The van der Waals surface area contributed by atoms with Gasteiger partial charge >= 0.3 is 5.97 Å². The van der Waals surface area contributed by atoms with Crippen molar-refractivity contribution in [3.05, 3.63) is 69.3 Å². The zero-order chi connectivity index (χ0) is 25.4. The molecule has 0 aliphatic carbocycles. The monoisotopic (exact) mass is 481 g/mol. The number of rotatable bonds is 12. The quantitative estimate of drug-likeness (QED) is 0.156. The molecule has 0 saturated carbocycles. The number of hydrogen-bond donors (Lipinski definition) is 1. The number of ether oxygens (including phenoxy) is 1. The summed E-state index contributed by atoms with van der Waals surface area (Å²) in [6, 6.07) is 10.5. The number of fused-ring (bicyclic) bond motifs is 1. The second-order valence-electron chi connectivity index (χ2n) is 8.14. The fourth-order valence-electron chi connectivity index (χ4n) is 3.71. The molecule has 2 aromatic rings. The van der Waals surface area contributed by atoms with Crippen LogP contribution in [0.2, 0.25) is 0 Å². The molecule has 1 heterocycles. The number of nitrogens with one attached hydrogen (secondary N) is 1. The Bertz CT molecular complexity index is 1130. The van der Waals surface area contributed by atoms with Crippen molar-refractivity contribution in [3.63, 3.8) is 0 Å². The van der Waals surface area contributed by atoms with Gasteiger partial charge in [0.1, 0.15) is 5.56 Å². The Labute approximate surface area is 202 Å². The number of anilines is 1. The number of nitro benzene ring substituents is 1. The molecule has 0 bridgehead atoms. The number of carbonyl (C=O) groups is 4. The van der Waals surface area contributed by atoms with Crippen LogP contribution in [0.3, 0.4) is 0 Å². The van der Waals surface area contributed by atoms with Crippen LogP contribution in [0.5, 0.6) is 0 Å². The van der Waals surface area contributed by atoms with E-state index < -0.39 is 22.7 Å². The summed E-state index contributed by atoms with van der Waals surface area (Å²) < 4.78 is 5.15. The number of carbonyl (C=O) groups excluding carboxylic acids is 4. The molecule has 0 saturated heterocycles. The third-order valence-corrected chi connectivity index (χ3v) is 5.59. The molecule has 35 heavy (non-hydrogen) atoms. The summed E-state index contributed by atoms with van der Waals surface area (Å²) in [5, 5.41) is 13.9. The summed E-state index contributed by atoms with van der Waals surface area (Å²) in [4.78, 5) is 60.7. The first-order valence-electron chi connectivity index (χ1n) is 11.5. The maximum atomic E-state index is 12.5. The molecule has 0 atom stereocenters. The summed E-state index contributed by atoms with van der Waals surface area (Å²) in [5.41, 5.74) is 0.484. The van der Waals surface area contributed by atoms with Gasteiger partial charge in [-0.2, -0.15) is 0 Å². The molecule has 10 nitrogen and oxygen atoms in total. The average molecular weight is 482 g/mol. The smallest absolute Gasteiger partial charge is 0.338 e. The molecule has 3 rings (SSSR count). The Balaban J connectivity index is 1.40. The third kappa shape index (κ3) is 6.28. The first-order chi connectivity index (χ1) is 16.8. The standard InChI is InChI=1S/C25H27N3O7/c1-2-3-16-35-25(32)17-11-13-18(14-12-17)26-21(29)10-5-4-6-15-27-23(30)19-8-7-9-20(28(33)34)22(19)24(27)31/h7-9,11-14H,2-6,10,15-16H2,1H3,(H,26,29). The van der Waals surface area contributed by atoms with E-state index in [0.717, 1.165) is 17.7 Å². The molecule has 184 valence electrons. The summed E-state index contributed by atoms with van der Waals surface area (Å²) in [6.07, 6.45) is 3.59. The number of benzene rings is 2. The lowest BCUT2D eigenvalue weighted by atomic mass is 10.1. The van der Waals surface area contributed by atoms with E-state index in [1.165, 1.54) is 18.2 Å². The van der Waals surface area contributed by atoms with E-state index in [0.29, 0.717) is 37.1 Å². The van der Waals surface area contributed by atoms with Gasteiger partial charge in [-0.1, -0.05) is 25.8 Å². The fraction of sp³-hybridized carbons (Fsp3) is 0.360. The predicted octanol–water partition coefficient (Wildman–Crippen LogP) is 4.35. The number of esters is 1. The minimum atomic E-state index is -0.668. The van der Waals surface area contributed by atoms with Crippen LogP contribution in [0, 0.1) is 10.1 Å². The van der Waals surface area contributed by atoms with Gasteiger partial charge < -0.3 is 10.1 Å². The molecular weight excluding hydrogens is 454 g/mol. The van der Waals surface area contributed by atoms with Crippen molar-refractivity contribution in [3.8, 4) is 0 Å². The van der Waals surface area contributed by atoms with Gasteiger partial charge in [-0.15, -0.1) is 0 Å². The van der Waals surface area contributed by atoms with Gasteiger partial charge in [0.25, 0.3) is 17.5 Å². The number of imide groups is 1. The van der Waals surface area contributed by atoms with Crippen LogP contribution in [0.1, 0.15) is 76.5 Å². The normalized spacial score (nSPS) is 12.4. The maximum absolute atomic E-state index is 12.5. The van der Waals surface area contributed by atoms with E-state index >= 15 is 0 Å². The predicted molar refractivity (Wildman–Crippen MR) is 127 cm³/mol. The molecular formula is C25H27N3O7. The lowest BCUT2D eigenvalue weighted by molar-refractivity contribution is -0.385. The highest BCUT2D eigenvalue weighted by Gasteiger charge is 2.40. The van der Waals surface area contributed by atoms with E-state index in [1.54, 1.807) is 24.3 Å². The largest absolute Gasteiger partial charge is 0.462 e. The maximum Gasteiger partial charge on any atom is 0.338 e. The molecule has 1 aliphatic rings. The van der Waals surface area contributed by atoms with Crippen LogP contribution in [0.4, 0.5) is 11.4 Å². The Kier molecular flexibility index (Phi) is 8.66. The molecule has 0 spiro atoms. The van der Waals surface area contributed by atoms with E-state index in [4.69, 9.17) is 4.74 Å². The Hall–Kier alpha value is -4.08. The van der Waals surface area contributed by atoms with Crippen molar-refractivity contribution in [1.29, 1.82) is 0 Å². The van der Waals surface area contributed by atoms with E-state index in [9.17, 15) is 29.3 Å². The van der Waals surface area contributed by atoms with Gasteiger partial charge in [0.15, 0.2) is 0 Å². The van der Waals surface area contributed by atoms with Crippen LogP contribution in [-0.4, -0.2) is 46.7 Å². The SMILES string of the molecule is CCCCOC(=O)c1ccc(NC(=O)CCCCCN2C(=O)c3cccc([N+](=O)[O-])c3C2=O)cc1. The molecule has 2 aromatic carbocycles. The number of amides is 3. The minimum Gasteiger partial charge on any atom is -0.462 e. The fourth-order valence-corrected chi connectivity index (χ4v) is 3.71. The van der Waals surface area contributed by atoms with Crippen molar-refractivity contribution in [1.82, 2.24) is 4.90 Å². The summed E-state index contributed by atoms with van der Waals surface area (Å²) in [7, 11) is 0. The van der Waals surface area contributed by atoms with Crippen molar-refractivity contribution in [2.24, 2.45) is 0 Å². The van der Waals surface area contributed by atoms with Crippen molar-refractivity contribution in [2.45, 2.75) is 45.4 Å². The van der Waals surface area contributed by atoms with Gasteiger partial charge in [-0.25, -0.2) is 4.79 Å². The molecule has 0 radical (unpaired) electrons. The highest BCUT2D eigenvalue weighted by atomic mass is 16.6. The number of nitrogens with zero attached hydrogens (tertiary/aromatic N) is 2. The minimum absolute atomic E-state index is 0.0452. The van der Waals surface area contributed by atoms with Gasteiger partial charge in [0, 0.05) is 24.7 Å². The van der Waals surface area contributed by atoms with Gasteiger partial charge in [-0.3, -0.25) is 29.4 Å². The molecule has 0 fully saturated rings. The van der Waals surface area contributed by atoms with Crippen molar-refractivity contribution < 1.29 is 28.8 Å². The summed E-state index contributed by atoms with van der Waals surface area (Å²) >= 11 is 0. The highest BCUT2D eigenvalue weighted by molar-refractivity contribution is 6.23. The van der Waals surface area contributed by atoms with E-state index in [-0.39, 0.29) is 35.7 Å². The molecule has 0 aromatic heterocycles. The van der Waals surface area contributed by atoms with Crippen LogP contribution in [-0.2, 0) is 9.53 Å². The van der Waals surface area contributed by atoms with Crippen LogP contribution in [0.15, 0.2) is 42.5 Å². The second-order valence-corrected chi connectivity index (χ2v) is 8.14. The molecule has 10 heteroatoms. The second kappa shape index (κ2) is 11.9. The van der Waals surface area contributed by atoms with Crippen LogP contribution >= 0.6 is 0 Å². The third-order valence-electron chi connectivity index (χ3n) is 5.59. The van der Waals surface area contributed by atoms with Crippen molar-refractivity contribution in [2.75, 3.05) is 18.5 Å². The zero-order valence-electron chi connectivity index (χ0n) is 19.5. The average Bonchev–Trinajstić information content (AvgIpc) is 3.09. The van der Waals surface area contributed by atoms with E-state index in [1.807, 2.05) is 6.92 Å². The lowest BCUT2D eigenvalue weighted by Crippen LogP contribution is -2.30. The van der Waals surface area contributed by atoms with Gasteiger partial charge in [0.05, 0.1) is 22.7 Å². The first kappa shape index (κ1) is 25.5. The Morgan fingerprint density at radius 3 is 2.43 bits per heavy atom. The van der Waals surface area contributed by atoms with Crippen LogP contribution < -0.4 is 5.32 Å². The molecule has 1 aliphatic heterocycles. The topological polar surface area (TPSA) is 136 Å². The number of unbranched alkanes of at least 4 members (excludes halogenated alkanes) is 3. The van der Waals surface area contributed by atoms with Crippen molar-refractivity contribution >= 4 is 35.1 Å². The first-order valence-corrected chi connectivity index (χ1v) is 11.5. The van der Waals surface area contributed by atoms with Gasteiger partial charge in [0.2, 0.25) is 5.91 Å². The lowest BCUT2D eigenvalue weighted by Gasteiger charge is -2.13. The highest BCUT2D eigenvalue weighted by Crippen LogP contribution is 2.30. The molecule has 0 unspecified atom stereocenters. The number of hydrogen-bond acceptors (Lipinski definition) is 7. The number of nitro groups is 1. The Morgan fingerprint density at radius 1 is 1.00 bits per heavy atom. The summed E-state index contributed by atoms with van der Waals surface area (Å²) in [6.45, 7) is 2.51. The Morgan fingerprint density at radius 2 is 1.74 bits per heavy atom.